The van der Waals surface area contributed by atoms with Crippen LogP contribution in [0.5, 0.6) is 11.5 Å². The molecule has 0 fully saturated rings. The SMILES string of the molecule is COc1cc(OCOCc2ccccc2)ccc1-c1ccc2c(c1CO)C(C)=CC(C)(C)N2. The van der Waals surface area contributed by atoms with Gasteiger partial charge < -0.3 is 24.6 Å². The molecule has 33 heavy (non-hydrogen) atoms. The molecular formula is C28H31NO4. The van der Waals surface area contributed by atoms with Gasteiger partial charge in [-0.15, -0.1) is 0 Å². The van der Waals surface area contributed by atoms with E-state index in [1.165, 1.54) is 0 Å². The van der Waals surface area contributed by atoms with Gasteiger partial charge in [0, 0.05) is 22.9 Å². The highest BCUT2D eigenvalue weighted by Crippen LogP contribution is 2.43. The van der Waals surface area contributed by atoms with Gasteiger partial charge in [-0.3, -0.25) is 0 Å². The van der Waals surface area contributed by atoms with Crippen LogP contribution in [-0.4, -0.2) is 24.5 Å². The van der Waals surface area contributed by atoms with Gasteiger partial charge in [-0.2, -0.15) is 0 Å². The molecule has 1 aliphatic rings. The molecule has 172 valence electrons. The highest BCUT2D eigenvalue weighted by atomic mass is 16.7. The lowest BCUT2D eigenvalue weighted by Gasteiger charge is -2.33. The summed E-state index contributed by atoms with van der Waals surface area (Å²) in [5, 5.41) is 13.8. The fourth-order valence-corrected chi connectivity index (χ4v) is 4.44. The van der Waals surface area contributed by atoms with E-state index in [2.05, 4.69) is 38.2 Å². The molecule has 5 heteroatoms. The van der Waals surface area contributed by atoms with E-state index in [4.69, 9.17) is 14.2 Å². The van der Waals surface area contributed by atoms with Crippen LogP contribution < -0.4 is 14.8 Å². The summed E-state index contributed by atoms with van der Waals surface area (Å²) in [6, 6.07) is 19.8. The first-order chi connectivity index (χ1) is 15.9. The van der Waals surface area contributed by atoms with E-state index in [0.29, 0.717) is 18.1 Å². The Morgan fingerprint density at radius 2 is 1.73 bits per heavy atom. The predicted octanol–water partition coefficient (Wildman–Crippen LogP) is 6.02. The van der Waals surface area contributed by atoms with Crippen molar-refractivity contribution in [2.24, 2.45) is 0 Å². The molecule has 0 radical (unpaired) electrons. The highest BCUT2D eigenvalue weighted by molar-refractivity contribution is 5.88. The van der Waals surface area contributed by atoms with Gasteiger partial charge >= 0.3 is 0 Å². The summed E-state index contributed by atoms with van der Waals surface area (Å²) < 4.78 is 17.1. The summed E-state index contributed by atoms with van der Waals surface area (Å²) in [6.07, 6.45) is 2.20. The Bertz CT molecular complexity index is 1150. The first kappa shape index (κ1) is 22.9. The third-order valence-corrected chi connectivity index (χ3v) is 5.78. The second-order valence-corrected chi connectivity index (χ2v) is 8.80. The molecule has 0 amide bonds. The minimum Gasteiger partial charge on any atom is -0.496 e. The molecule has 1 heterocycles. The normalized spacial score (nSPS) is 14.2. The molecule has 0 aliphatic carbocycles. The van der Waals surface area contributed by atoms with Crippen LogP contribution in [0.15, 0.2) is 66.7 Å². The van der Waals surface area contributed by atoms with Crippen molar-refractivity contribution >= 4 is 11.3 Å². The topological polar surface area (TPSA) is 60.0 Å². The number of methoxy groups -OCH3 is 1. The van der Waals surface area contributed by atoms with Gasteiger partial charge in [-0.25, -0.2) is 0 Å². The molecule has 3 aromatic carbocycles. The number of hydrogen-bond donors (Lipinski definition) is 2. The lowest BCUT2D eigenvalue weighted by Crippen LogP contribution is -2.31. The van der Waals surface area contributed by atoms with Crippen molar-refractivity contribution in [3.05, 3.63) is 83.4 Å². The molecule has 0 saturated carbocycles. The number of nitrogens with one attached hydrogen (secondary N) is 1. The van der Waals surface area contributed by atoms with Gasteiger partial charge in [0.1, 0.15) is 11.5 Å². The molecule has 0 unspecified atom stereocenters. The first-order valence-electron chi connectivity index (χ1n) is 11.1. The Hall–Kier alpha value is -3.28. The van der Waals surface area contributed by atoms with Crippen molar-refractivity contribution in [1.82, 2.24) is 0 Å². The zero-order valence-corrected chi connectivity index (χ0v) is 19.6. The van der Waals surface area contributed by atoms with Crippen LogP contribution >= 0.6 is 0 Å². The van der Waals surface area contributed by atoms with Crippen LogP contribution in [-0.2, 0) is 18.0 Å². The van der Waals surface area contributed by atoms with Crippen molar-refractivity contribution in [1.29, 1.82) is 0 Å². The number of fused-ring (bicyclic) bond motifs is 1. The molecule has 0 atom stereocenters. The maximum atomic E-state index is 10.3. The number of allylic oxidation sites excluding steroid dienone is 1. The number of rotatable bonds is 8. The molecule has 1 aliphatic heterocycles. The zero-order chi connectivity index (χ0) is 23.4. The lowest BCUT2D eigenvalue weighted by atomic mass is 9.85. The smallest absolute Gasteiger partial charge is 0.189 e. The number of aliphatic hydroxyl groups excluding tert-OH is 1. The van der Waals surface area contributed by atoms with E-state index >= 15 is 0 Å². The summed E-state index contributed by atoms with van der Waals surface area (Å²) in [5.41, 5.74) is 6.91. The fourth-order valence-electron chi connectivity index (χ4n) is 4.44. The molecule has 0 spiro atoms. The van der Waals surface area contributed by atoms with E-state index < -0.39 is 0 Å². The molecule has 0 bridgehead atoms. The van der Waals surface area contributed by atoms with Crippen molar-refractivity contribution in [3.63, 3.8) is 0 Å². The molecule has 3 aromatic rings. The van der Waals surface area contributed by atoms with E-state index in [1.807, 2.05) is 54.6 Å². The van der Waals surface area contributed by atoms with Crippen LogP contribution in [0.2, 0.25) is 0 Å². The second-order valence-electron chi connectivity index (χ2n) is 8.80. The van der Waals surface area contributed by atoms with Crippen LogP contribution in [0.3, 0.4) is 0 Å². The number of benzene rings is 3. The number of anilines is 1. The Morgan fingerprint density at radius 1 is 0.970 bits per heavy atom. The van der Waals surface area contributed by atoms with Crippen LogP contribution in [0.4, 0.5) is 5.69 Å². The van der Waals surface area contributed by atoms with Gasteiger partial charge in [0.25, 0.3) is 0 Å². The second kappa shape index (κ2) is 9.69. The molecule has 2 N–H and O–H groups in total. The molecule has 0 saturated heterocycles. The van der Waals surface area contributed by atoms with Crippen LogP contribution in [0, 0.1) is 0 Å². The number of aliphatic hydroxyl groups is 1. The van der Waals surface area contributed by atoms with Gasteiger partial charge in [0.05, 0.1) is 25.9 Å². The molecule has 5 nitrogen and oxygen atoms in total. The van der Waals surface area contributed by atoms with Crippen molar-refractivity contribution in [2.75, 3.05) is 19.2 Å². The maximum absolute atomic E-state index is 10.3. The van der Waals surface area contributed by atoms with Gasteiger partial charge in [-0.05, 0) is 61.2 Å². The van der Waals surface area contributed by atoms with E-state index in [9.17, 15) is 5.11 Å². The molecule has 4 rings (SSSR count). The predicted molar refractivity (Wildman–Crippen MR) is 132 cm³/mol. The first-order valence-corrected chi connectivity index (χ1v) is 11.1. The van der Waals surface area contributed by atoms with Crippen molar-refractivity contribution in [3.8, 4) is 22.6 Å². The quantitative estimate of drug-likeness (QED) is 0.328. The third kappa shape index (κ3) is 5.05. The molecule has 0 aromatic heterocycles. The lowest BCUT2D eigenvalue weighted by molar-refractivity contribution is 0.00496. The molecular weight excluding hydrogens is 414 g/mol. The van der Waals surface area contributed by atoms with Crippen LogP contribution in [0.1, 0.15) is 37.5 Å². The Balaban J connectivity index is 1.56. The van der Waals surface area contributed by atoms with Gasteiger partial charge in [0.15, 0.2) is 6.79 Å². The summed E-state index contributed by atoms with van der Waals surface area (Å²) in [5.74, 6) is 1.34. The minimum atomic E-state index is -0.134. The van der Waals surface area contributed by atoms with Crippen molar-refractivity contribution in [2.45, 2.75) is 39.5 Å². The Morgan fingerprint density at radius 3 is 2.45 bits per heavy atom. The number of hydrogen-bond acceptors (Lipinski definition) is 5. The summed E-state index contributed by atoms with van der Waals surface area (Å²) in [6.45, 7) is 6.93. The fraction of sp³-hybridized carbons (Fsp3) is 0.286. The summed E-state index contributed by atoms with van der Waals surface area (Å²) >= 11 is 0. The summed E-state index contributed by atoms with van der Waals surface area (Å²) in [7, 11) is 1.64. The maximum Gasteiger partial charge on any atom is 0.189 e. The van der Waals surface area contributed by atoms with Gasteiger partial charge in [0.2, 0.25) is 0 Å². The Labute approximate surface area is 195 Å². The van der Waals surface area contributed by atoms with Crippen LogP contribution in [0.25, 0.3) is 16.7 Å². The van der Waals surface area contributed by atoms with Crippen molar-refractivity contribution < 1.29 is 19.3 Å². The standard InChI is InChI=1S/C28H31NO4/c1-19-15-28(2,3)29-25-13-12-22(24(16-30)27(19)25)23-11-10-21(14-26(23)31-4)33-18-32-17-20-8-6-5-7-9-20/h5-15,29-30H,16-18H2,1-4H3. The third-order valence-electron chi connectivity index (χ3n) is 5.78. The Kier molecular flexibility index (Phi) is 6.72. The number of ether oxygens (including phenoxy) is 3. The zero-order valence-electron chi connectivity index (χ0n) is 19.6. The van der Waals surface area contributed by atoms with E-state index in [0.717, 1.165) is 39.1 Å². The minimum absolute atomic E-state index is 0.0689. The average molecular weight is 446 g/mol. The summed E-state index contributed by atoms with van der Waals surface area (Å²) in [4.78, 5) is 0. The largest absolute Gasteiger partial charge is 0.496 e. The monoisotopic (exact) mass is 445 g/mol. The van der Waals surface area contributed by atoms with Gasteiger partial charge in [-0.1, -0.05) is 42.5 Å². The average Bonchev–Trinajstić information content (AvgIpc) is 2.81. The van der Waals surface area contributed by atoms with E-state index in [-0.39, 0.29) is 18.9 Å². The highest BCUT2D eigenvalue weighted by Gasteiger charge is 2.26. The van der Waals surface area contributed by atoms with E-state index in [1.54, 1.807) is 7.11 Å².